The van der Waals surface area contributed by atoms with Gasteiger partial charge in [-0.25, -0.2) is 4.39 Å². The third-order valence-corrected chi connectivity index (χ3v) is 4.24. The lowest BCUT2D eigenvalue weighted by atomic mass is 10.0. The zero-order chi connectivity index (χ0) is 15.4. The average molecular weight is 293 g/mol. The molecule has 4 heteroatoms. The summed E-state index contributed by atoms with van der Waals surface area (Å²) in [5, 5.41) is 3.34. The van der Waals surface area contributed by atoms with Crippen LogP contribution in [0.25, 0.3) is 0 Å². The number of nitrogens with zero attached hydrogens (tertiary/aromatic N) is 2. The van der Waals surface area contributed by atoms with E-state index in [2.05, 4.69) is 42.2 Å². The van der Waals surface area contributed by atoms with Crippen LogP contribution in [0.5, 0.6) is 0 Å². The van der Waals surface area contributed by atoms with Crippen molar-refractivity contribution in [1.29, 1.82) is 0 Å². The van der Waals surface area contributed by atoms with Gasteiger partial charge in [0, 0.05) is 36.4 Å². The van der Waals surface area contributed by atoms with Crippen LogP contribution in [-0.2, 0) is 0 Å². The van der Waals surface area contributed by atoms with Gasteiger partial charge in [-0.3, -0.25) is 0 Å². The van der Waals surface area contributed by atoms with Gasteiger partial charge in [-0.1, -0.05) is 13.0 Å². The number of nitrogens with one attached hydrogen (secondary N) is 1. The highest BCUT2D eigenvalue weighted by molar-refractivity contribution is 5.57. The highest BCUT2D eigenvalue weighted by Gasteiger charge is 2.28. The zero-order valence-electron chi connectivity index (χ0n) is 13.7. The van der Waals surface area contributed by atoms with Crippen LogP contribution in [0.2, 0.25) is 0 Å². The van der Waals surface area contributed by atoms with E-state index in [-0.39, 0.29) is 11.9 Å². The van der Waals surface area contributed by atoms with Gasteiger partial charge in [0.25, 0.3) is 0 Å². The van der Waals surface area contributed by atoms with Gasteiger partial charge >= 0.3 is 0 Å². The second-order valence-corrected chi connectivity index (χ2v) is 6.20. The third kappa shape index (κ3) is 3.74. The standard InChI is InChI=1S/C17H28FN3/c1-5-19-13(2)17-15(18)9-6-10-16(17)21-11-7-8-14(21)12-20(3)4/h6,9-10,13-14,19H,5,7-8,11-12H2,1-4H3. The molecule has 0 radical (unpaired) electrons. The fourth-order valence-electron chi connectivity index (χ4n) is 3.38. The molecule has 1 fully saturated rings. The van der Waals surface area contributed by atoms with Gasteiger partial charge in [0.05, 0.1) is 0 Å². The van der Waals surface area contributed by atoms with Gasteiger partial charge in [0.2, 0.25) is 0 Å². The Labute approximate surface area is 128 Å². The van der Waals surface area contributed by atoms with Gasteiger partial charge in [0.1, 0.15) is 5.82 Å². The topological polar surface area (TPSA) is 18.5 Å². The maximum atomic E-state index is 14.4. The van der Waals surface area contributed by atoms with Gasteiger partial charge in [-0.05, 0) is 52.5 Å². The number of hydrogen-bond donors (Lipinski definition) is 1. The predicted molar refractivity (Wildman–Crippen MR) is 87.4 cm³/mol. The van der Waals surface area contributed by atoms with Crippen LogP contribution >= 0.6 is 0 Å². The molecule has 1 saturated heterocycles. The van der Waals surface area contributed by atoms with Crippen molar-refractivity contribution in [1.82, 2.24) is 10.2 Å². The molecule has 0 aliphatic carbocycles. The van der Waals surface area contributed by atoms with Crippen LogP contribution < -0.4 is 10.2 Å². The Morgan fingerprint density at radius 3 is 2.86 bits per heavy atom. The maximum Gasteiger partial charge on any atom is 0.130 e. The molecule has 1 aromatic rings. The SMILES string of the molecule is CCNC(C)c1c(F)cccc1N1CCCC1CN(C)C. The molecule has 1 heterocycles. The monoisotopic (exact) mass is 293 g/mol. The number of rotatable bonds is 6. The number of likely N-dealkylation sites (N-methyl/N-ethyl adjacent to an activating group) is 1. The minimum absolute atomic E-state index is 0.0341. The van der Waals surface area contributed by atoms with Crippen LogP contribution in [0.1, 0.15) is 38.3 Å². The van der Waals surface area contributed by atoms with Gasteiger partial charge < -0.3 is 15.1 Å². The quantitative estimate of drug-likeness (QED) is 0.870. The summed E-state index contributed by atoms with van der Waals surface area (Å²) in [5.41, 5.74) is 1.87. The molecule has 2 rings (SSSR count). The molecule has 0 bridgehead atoms. The highest BCUT2D eigenvalue weighted by atomic mass is 19.1. The van der Waals surface area contributed by atoms with Crippen LogP contribution in [0, 0.1) is 5.82 Å². The van der Waals surface area contributed by atoms with Crippen LogP contribution in [0.15, 0.2) is 18.2 Å². The smallest absolute Gasteiger partial charge is 0.130 e. The molecule has 3 nitrogen and oxygen atoms in total. The second-order valence-electron chi connectivity index (χ2n) is 6.20. The summed E-state index contributed by atoms with van der Waals surface area (Å²) in [4.78, 5) is 4.61. The minimum Gasteiger partial charge on any atom is -0.367 e. The van der Waals surface area contributed by atoms with E-state index < -0.39 is 0 Å². The summed E-state index contributed by atoms with van der Waals surface area (Å²) >= 11 is 0. The van der Waals surface area contributed by atoms with E-state index in [1.165, 1.54) is 12.8 Å². The molecule has 118 valence electrons. The molecule has 1 aliphatic rings. The van der Waals surface area contributed by atoms with E-state index in [4.69, 9.17) is 0 Å². The molecule has 0 aromatic heterocycles. The molecule has 21 heavy (non-hydrogen) atoms. The second kappa shape index (κ2) is 7.23. The number of anilines is 1. The van der Waals surface area contributed by atoms with Gasteiger partial charge in [0.15, 0.2) is 0 Å². The molecule has 1 aromatic carbocycles. The normalized spacial score (nSPS) is 20.3. The van der Waals surface area contributed by atoms with Gasteiger partial charge in [-0.2, -0.15) is 0 Å². The minimum atomic E-state index is -0.101. The highest BCUT2D eigenvalue weighted by Crippen LogP contribution is 2.33. The number of halogens is 1. The maximum absolute atomic E-state index is 14.4. The average Bonchev–Trinajstić information content (AvgIpc) is 2.85. The first-order valence-electron chi connectivity index (χ1n) is 7.97. The lowest BCUT2D eigenvalue weighted by Gasteiger charge is -2.32. The van der Waals surface area contributed by atoms with Crippen molar-refractivity contribution in [3.63, 3.8) is 0 Å². The first kappa shape index (κ1) is 16.2. The Hall–Kier alpha value is -1.13. The summed E-state index contributed by atoms with van der Waals surface area (Å²) in [7, 11) is 4.20. The first-order chi connectivity index (χ1) is 10.0. The summed E-state index contributed by atoms with van der Waals surface area (Å²) in [6.07, 6.45) is 2.37. The van der Waals surface area contributed by atoms with E-state index in [0.29, 0.717) is 6.04 Å². The predicted octanol–water partition coefficient (Wildman–Crippen LogP) is 3.03. The van der Waals surface area contributed by atoms with Crippen molar-refractivity contribution in [2.45, 2.75) is 38.8 Å². The molecule has 2 atom stereocenters. The molecule has 2 unspecified atom stereocenters. The lowest BCUT2D eigenvalue weighted by Crippen LogP contribution is -2.38. The van der Waals surface area contributed by atoms with Crippen LogP contribution in [0.3, 0.4) is 0 Å². The lowest BCUT2D eigenvalue weighted by molar-refractivity contribution is 0.371. The van der Waals surface area contributed by atoms with E-state index in [1.807, 2.05) is 13.0 Å². The fourth-order valence-corrected chi connectivity index (χ4v) is 3.38. The van der Waals surface area contributed by atoms with Crippen molar-refractivity contribution < 1.29 is 4.39 Å². The molecule has 1 N–H and O–H groups in total. The Bertz CT molecular complexity index is 461. The zero-order valence-corrected chi connectivity index (χ0v) is 13.7. The fraction of sp³-hybridized carbons (Fsp3) is 0.647. The Balaban J connectivity index is 2.32. The molecule has 0 saturated carbocycles. The molecule has 0 spiro atoms. The van der Waals surface area contributed by atoms with E-state index >= 15 is 0 Å². The Morgan fingerprint density at radius 1 is 1.43 bits per heavy atom. The number of benzene rings is 1. The van der Waals surface area contributed by atoms with Crippen molar-refractivity contribution in [2.75, 3.05) is 38.6 Å². The van der Waals surface area contributed by atoms with E-state index in [1.54, 1.807) is 6.07 Å². The Kier molecular flexibility index (Phi) is 5.59. The summed E-state index contributed by atoms with van der Waals surface area (Å²) < 4.78 is 14.4. The van der Waals surface area contributed by atoms with Crippen molar-refractivity contribution in [2.24, 2.45) is 0 Å². The summed E-state index contributed by atoms with van der Waals surface area (Å²) in [5.74, 6) is -0.101. The molecule has 1 aliphatic heterocycles. The van der Waals surface area contributed by atoms with Crippen LogP contribution in [-0.4, -0.2) is 44.7 Å². The van der Waals surface area contributed by atoms with E-state index in [0.717, 1.165) is 30.9 Å². The van der Waals surface area contributed by atoms with Crippen molar-refractivity contribution in [3.05, 3.63) is 29.6 Å². The van der Waals surface area contributed by atoms with Crippen LogP contribution in [0.4, 0.5) is 10.1 Å². The summed E-state index contributed by atoms with van der Waals surface area (Å²) in [6, 6.07) is 5.99. The Morgan fingerprint density at radius 2 is 2.19 bits per heavy atom. The molecular formula is C17H28FN3. The first-order valence-corrected chi connectivity index (χ1v) is 7.97. The molecule has 0 amide bonds. The van der Waals surface area contributed by atoms with Crippen molar-refractivity contribution in [3.8, 4) is 0 Å². The van der Waals surface area contributed by atoms with Gasteiger partial charge in [-0.15, -0.1) is 0 Å². The summed E-state index contributed by atoms with van der Waals surface area (Å²) in [6.45, 7) is 6.99. The molecular weight excluding hydrogens is 265 g/mol. The van der Waals surface area contributed by atoms with Crippen molar-refractivity contribution >= 4 is 5.69 Å². The van der Waals surface area contributed by atoms with E-state index in [9.17, 15) is 4.39 Å². The number of hydrogen-bond acceptors (Lipinski definition) is 3. The third-order valence-electron chi connectivity index (χ3n) is 4.24. The largest absolute Gasteiger partial charge is 0.367 e.